The molecule has 1 atom stereocenters. The number of benzene rings is 2. The Morgan fingerprint density at radius 1 is 1.00 bits per heavy atom. The Balaban J connectivity index is 1.77. The lowest BCUT2D eigenvalue weighted by molar-refractivity contribution is -0.120. The second-order valence-electron chi connectivity index (χ2n) is 5.36. The number of aromatic hydroxyl groups is 2. The van der Waals surface area contributed by atoms with Crippen LogP contribution in [-0.4, -0.2) is 16.1 Å². The van der Waals surface area contributed by atoms with Gasteiger partial charge in [-0.3, -0.25) is 4.79 Å². The van der Waals surface area contributed by atoms with Crippen molar-refractivity contribution in [3.8, 4) is 11.5 Å². The van der Waals surface area contributed by atoms with Gasteiger partial charge < -0.3 is 15.5 Å². The molecule has 0 radical (unpaired) electrons. The van der Waals surface area contributed by atoms with Gasteiger partial charge >= 0.3 is 0 Å². The molecule has 21 heavy (non-hydrogen) atoms. The molecule has 3 rings (SSSR count). The minimum atomic E-state index is -0.189. The normalized spacial score (nSPS) is 17.0. The number of carbonyl (C=O) groups is 1. The van der Waals surface area contributed by atoms with Crippen molar-refractivity contribution in [3.63, 3.8) is 0 Å². The van der Waals surface area contributed by atoms with Gasteiger partial charge in [0.15, 0.2) is 0 Å². The number of nitrogens with one attached hydrogen (secondary N) is 1. The third kappa shape index (κ3) is 2.70. The zero-order valence-corrected chi connectivity index (χ0v) is 11.5. The predicted molar refractivity (Wildman–Crippen MR) is 80.4 cm³/mol. The average molecular weight is 283 g/mol. The maximum Gasteiger partial charge on any atom is 0.227 e. The largest absolute Gasteiger partial charge is 0.508 e. The van der Waals surface area contributed by atoms with Crippen LogP contribution in [0.25, 0.3) is 0 Å². The van der Waals surface area contributed by atoms with Gasteiger partial charge in [0.1, 0.15) is 11.5 Å². The first-order chi connectivity index (χ1) is 10.1. The van der Waals surface area contributed by atoms with Gasteiger partial charge in [-0.05, 0) is 43.5 Å². The van der Waals surface area contributed by atoms with E-state index in [-0.39, 0.29) is 23.3 Å². The SMILES string of the molecule is O=C(Nc1ccccc1)C1CCc2c(O)ccc(O)c2C1. The second-order valence-corrected chi connectivity index (χ2v) is 5.36. The number of fused-ring (bicyclic) bond motifs is 1. The highest BCUT2D eigenvalue weighted by atomic mass is 16.3. The van der Waals surface area contributed by atoms with Crippen LogP contribution in [0.4, 0.5) is 5.69 Å². The van der Waals surface area contributed by atoms with Crippen molar-refractivity contribution in [2.24, 2.45) is 5.92 Å². The van der Waals surface area contributed by atoms with Crippen LogP contribution in [0.5, 0.6) is 11.5 Å². The Morgan fingerprint density at radius 2 is 1.67 bits per heavy atom. The molecule has 1 unspecified atom stereocenters. The maximum absolute atomic E-state index is 12.3. The number of anilines is 1. The highest BCUT2D eigenvalue weighted by Crippen LogP contribution is 2.37. The van der Waals surface area contributed by atoms with Gasteiger partial charge in [0.2, 0.25) is 5.91 Å². The van der Waals surface area contributed by atoms with Crippen molar-refractivity contribution in [2.45, 2.75) is 19.3 Å². The summed E-state index contributed by atoms with van der Waals surface area (Å²) in [5.41, 5.74) is 2.22. The summed E-state index contributed by atoms with van der Waals surface area (Å²) < 4.78 is 0. The van der Waals surface area contributed by atoms with E-state index in [1.807, 2.05) is 30.3 Å². The van der Waals surface area contributed by atoms with Gasteiger partial charge in [-0.1, -0.05) is 18.2 Å². The first-order valence-electron chi connectivity index (χ1n) is 7.03. The van der Waals surface area contributed by atoms with E-state index in [4.69, 9.17) is 0 Å². The molecule has 0 aromatic heterocycles. The number of carbonyl (C=O) groups excluding carboxylic acids is 1. The summed E-state index contributed by atoms with van der Waals surface area (Å²) in [6.45, 7) is 0. The van der Waals surface area contributed by atoms with Crippen LogP contribution < -0.4 is 5.32 Å². The average Bonchev–Trinajstić information content (AvgIpc) is 2.52. The van der Waals surface area contributed by atoms with Gasteiger partial charge in [0.25, 0.3) is 0 Å². The molecule has 0 aliphatic heterocycles. The second kappa shape index (κ2) is 5.48. The van der Waals surface area contributed by atoms with Crippen LogP contribution >= 0.6 is 0 Å². The minimum Gasteiger partial charge on any atom is -0.508 e. The number of para-hydroxylation sites is 1. The summed E-state index contributed by atoms with van der Waals surface area (Å²) in [5, 5.41) is 22.6. The Bertz CT molecular complexity index is 667. The van der Waals surface area contributed by atoms with Gasteiger partial charge in [0.05, 0.1) is 0 Å². The first kappa shape index (κ1) is 13.5. The molecule has 1 aliphatic rings. The Morgan fingerprint density at radius 3 is 2.38 bits per heavy atom. The van der Waals surface area contributed by atoms with Crippen LogP contribution in [0.3, 0.4) is 0 Å². The lowest BCUT2D eigenvalue weighted by Gasteiger charge is -2.25. The Hall–Kier alpha value is -2.49. The van der Waals surface area contributed by atoms with Crippen molar-refractivity contribution in [1.82, 2.24) is 0 Å². The summed E-state index contributed by atoms with van der Waals surface area (Å²) >= 11 is 0. The van der Waals surface area contributed by atoms with Crippen LogP contribution in [0, 0.1) is 5.92 Å². The van der Waals surface area contributed by atoms with Gasteiger partial charge in [-0.25, -0.2) is 0 Å². The number of phenolic OH excluding ortho intramolecular Hbond substituents is 2. The molecule has 4 heteroatoms. The Labute approximate surface area is 123 Å². The number of phenols is 2. The number of hydrogen-bond donors (Lipinski definition) is 3. The van der Waals surface area contributed by atoms with E-state index in [1.165, 1.54) is 12.1 Å². The molecule has 2 aromatic rings. The lowest BCUT2D eigenvalue weighted by Crippen LogP contribution is -2.28. The molecule has 2 aromatic carbocycles. The Kier molecular flexibility index (Phi) is 3.52. The van der Waals surface area contributed by atoms with Crippen molar-refractivity contribution < 1.29 is 15.0 Å². The van der Waals surface area contributed by atoms with Crippen molar-refractivity contribution in [1.29, 1.82) is 0 Å². The van der Waals surface area contributed by atoms with E-state index >= 15 is 0 Å². The summed E-state index contributed by atoms with van der Waals surface area (Å²) in [4.78, 5) is 12.3. The molecule has 0 bridgehead atoms. The molecular formula is C17H17NO3. The zero-order valence-electron chi connectivity index (χ0n) is 11.5. The van der Waals surface area contributed by atoms with Crippen LogP contribution in [0.2, 0.25) is 0 Å². The summed E-state index contributed by atoms with van der Waals surface area (Å²) in [7, 11) is 0. The van der Waals surface area contributed by atoms with Crippen LogP contribution in [0.15, 0.2) is 42.5 Å². The van der Waals surface area contributed by atoms with Crippen LogP contribution in [-0.2, 0) is 17.6 Å². The highest BCUT2D eigenvalue weighted by molar-refractivity contribution is 5.93. The fourth-order valence-electron chi connectivity index (χ4n) is 2.83. The van der Waals surface area contributed by atoms with Crippen molar-refractivity contribution in [2.75, 3.05) is 5.32 Å². The van der Waals surface area contributed by atoms with Gasteiger partial charge in [-0.15, -0.1) is 0 Å². The van der Waals surface area contributed by atoms with E-state index in [1.54, 1.807) is 0 Å². The van der Waals surface area contributed by atoms with E-state index in [9.17, 15) is 15.0 Å². The lowest BCUT2D eigenvalue weighted by atomic mass is 9.82. The van der Waals surface area contributed by atoms with Crippen molar-refractivity contribution >= 4 is 11.6 Å². The van der Waals surface area contributed by atoms with E-state index < -0.39 is 0 Å². The standard InChI is InChI=1S/C17H17NO3/c19-15-8-9-16(20)14-10-11(6-7-13(14)15)17(21)18-12-4-2-1-3-5-12/h1-5,8-9,11,19-20H,6-7,10H2,(H,18,21). The number of hydrogen-bond acceptors (Lipinski definition) is 3. The minimum absolute atomic E-state index is 0.0467. The summed E-state index contributed by atoms with van der Waals surface area (Å²) in [6.07, 6.45) is 1.72. The van der Waals surface area contributed by atoms with E-state index in [0.29, 0.717) is 24.8 Å². The topological polar surface area (TPSA) is 69.6 Å². The number of rotatable bonds is 2. The molecular weight excluding hydrogens is 266 g/mol. The molecule has 108 valence electrons. The molecule has 1 amide bonds. The maximum atomic E-state index is 12.3. The molecule has 1 aliphatic carbocycles. The smallest absolute Gasteiger partial charge is 0.227 e. The monoisotopic (exact) mass is 283 g/mol. The zero-order chi connectivity index (χ0) is 14.8. The fraction of sp³-hybridized carbons (Fsp3) is 0.235. The molecule has 0 spiro atoms. The molecule has 0 saturated carbocycles. The first-order valence-corrected chi connectivity index (χ1v) is 7.03. The molecule has 4 nitrogen and oxygen atoms in total. The van der Waals surface area contributed by atoms with Crippen LogP contribution in [0.1, 0.15) is 17.5 Å². The third-order valence-corrected chi connectivity index (χ3v) is 3.99. The molecule has 0 saturated heterocycles. The highest BCUT2D eigenvalue weighted by Gasteiger charge is 2.28. The van der Waals surface area contributed by atoms with Crippen molar-refractivity contribution in [3.05, 3.63) is 53.6 Å². The quantitative estimate of drug-likeness (QED) is 0.742. The molecule has 0 heterocycles. The molecule has 0 fully saturated rings. The molecule has 3 N–H and O–H groups in total. The van der Waals surface area contributed by atoms with Gasteiger partial charge in [-0.2, -0.15) is 0 Å². The third-order valence-electron chi connectivity index (χ3n) is 3.99. The summed E-state index contributed by atoms with van der Waals surface area (Å²) in [6, 6.07) is 12.3. The summed E-state index contributed by atoms with van der Waals surface area (Å²) in [5.74, 6) is 0.115. The van der Waals surface area contributed by atoms with Gasteiger partial charge in [0, 0.05) is 22.7 Å². The predicted octanol–water partition coefficient (Wildman–Crippen LogP) is 2.84. The van der Waals surface area contributed by atoms with E-state index in [0.717, 1.165) is 11.3 Å². The number of amides is 1. The van der Waals surface area contributed by atoms with E-state index in [2.05, 4.69) is 5.32 Å². The fourth-order valence-corrected chi connectivity index (χ4v) is 2.83.